The molecule has 0 bridgehead atoms. The molecular formula is C51H34F6N8O7. The minimum atomic E-state index is -4.63. The standard InChI is InChI=1S/C51H34F6N8O7/c52-50(53,54)35-3-1-5-39(25-35)59-49(70)60-48(69)34-12-20-42-33(24-34)14-22-44(67)46(42)64-62-38-17-10-31(11-18-38)47(68)30-8-15-37(16-9-30)61-63-45-41-19-7-29(23-32(41)13-21-43(45)66)27-71-58-28-72-65-40-6-2-4-36(26-40)51(55,56)57/h1-26,28,65-67H,27H2,(H2,59,60,69,70). The van der Waals surface area contributed by atoms with Crippen molar-refractivity contribution in [2.45, 2.75) is 19.0 Å². The van der Waals surface area contributed by atoms with E-state index in [0.29, 0.717) is 49.6 Å². The van der Waals surface area contributed by atoms with Crippen LogP contribution in [-0.2, 0) is 28.6 Å². The normalized spacial score (nSPS) is 11.9. The van der Waals surface area contributed by atoms with Crippen LogP contribution in [0.2, 0.25) is 0 Å². The molecular weight excluding hydrogens is 951 g/mol. The number of nitrogens with zero attached hydrogens (tertiary/aromatic N) is 5. The van der Waals surface area contributed by atoms with E-state index in [2.05, 4.69) is 41.7 Å². The molecule has 0 saturated carbocycles. The molecule has 0 aliphatic rings. The number of aromatic hydroxyl groups is 2. The number of anilines is 2. The minimum Gasteiger partial charge on any atom is -0.506 e. The van der Waals surface area contributed by atoms with Gasteiger partial charge in [0.15, 0.2) is 5.78 Å². The van der Waals surface area contributed by atoms with Gasteiger partial charge < -0.3 is 25.2 Å². The van der Waals surface area contributed by atoms with Crippen molar-refractivity contribution in [2.24, 2.45) is 25.6 Å². The average Bonchev–Trinajstić information content (AvgIpc) is 3.36. The van der Waals surface area contributed by atoms with E-state index in [1.54, 1.807) is 72.8 Å². The molecule has 0 unspecified atom stereocenters. The van der Waals surface area contributed by atoms with Crippen molar-refractivity contribution in [2.75, 3.05) is 10.8 Å². The molecule has 8 rings (SSSR count). The number of halogens is 6. The number of benzene rings is 8. The van der Waals surface area contributed by atoms with Gasteiger partial charge in [-0.1, -0.05) is 47.6 Å². The van der Waals surface area contributed by atoms with Gasteiger partial charge in [0, 0.05) is 33.2 Å². The molecule has 21 heteroatoms. The summed E-state index contributed by atoms with van der Waals surface area (Å²) >= 11 is 0. The number of phenolic OH excluding ortho intramolecular Hbond substituents is 2. The molecule has 0 fully saturated rings. The van der Waals surface area contributed by atoms with Crippen molar-refractivity contribution >= 4 is 79.8 Å². The minimum absolute atomic E-state index is 0.0123. The maximum atomic E-state index is 13.4. The van der Waals surface area contributed by atoms with Crippen molar-refractivity contribution in [1.82, 2.24) is 5.32 Å². The molecule has 8 aromatic carbocycles. The zero-order chi connectivity index (χ0) is 51.0. The van der Waals surface area contributed by atoms with Crippen LogP contribution in [0.1, 0.15) is 43.0 Å². The van der Waals surface area contributed by atoms with Crippen LogP contribution in [0.25, 0.3) is 21.5 Å². The second kappa shape index (κ2) is 20.9. The third kappa shape index (κ3) is 12.0. The number of hydrogen-bond acceptors (Lipinski definition) is 13. The topological polar surface area (TPSA) is 208 Å². The quantitative estimate of drug-likeness (QED) is 0.0176. The molecule has 0 radical (unpaired) electrons. The van der Waals surface area contributed by atoms with Gasteiger partial charge in [-0.15, -0.1) is 10.2 Å². The van der Waals surface area contributed by atoms with Gasteiger partial charge in [-0.2, -0.15) is 36.6 Å². The Balaban J connectivity index is 0.852. The van der Waals surface area contributed by atoms with Crippen molar-refractivity contribution in [3.8, 4) is 11.5 Å². The number of phenols is 2. The van der Waals surface area contributed by atoms with Crippen LogP contribution in [0, 0.1) is 0 Å². The number of azo groups is 2. The Kier molecular flexibility index (Phi) is 14.2. The lowest BCUT2D eigenvalue weighted by molar-refractivity contribution is -0.138. The summed E-state index contributed by atoms with van der Waals surface area (Å²) in [6.45, 7) is 0.0123. The lowest BCUT2D eigenvalue weighted by Crippen LogP contribution is -2.34. The number of oxime groups is 1. The average molecular weight is 985 g/mol. The Morgan fingerprint density at radius 3 is 1.64 bits per heavy atom. The summed E-state index contributed by atoms with van der Waals surface area (Å²) in [5.41, 5.74) is 2.81. The van der Waals surface area contributed by atoms with E-state index in [1.165, 1.54) is 54.6 Å². The maximum absolute atomic E-state index is 13.4. The first-order valence-corrected chi connectivity index (χ1v) is 21.1. The van der Waals surface area contributed by atoms with Crippen LogP contribution < -0.4 is 16.1 Å². The van der Waals surface area contributed by atoms with Gasteiger partial charge in [-0.25, -0.2) is 10.3 Å². The fourth-order valence-corrected chi connectivity index (χ4v) is 6.96. The first-order valence-electron chi connectivity index (χ1n) is 21.1. The Bertz CT molecular complexity index is 3440. The summed E-state index contributed by atoms with van der Waals surface area (Å²) in [6.07, 6.45) is -8.24. The monoisotopic (exact) mass is 984 g/mol. The number of hydrogen-bond donors (Lipinski definition) is 5. The highest BCUT2D eigenvalue weighted by molar-refractivity contribution is 6.10. The third-order valence-electron chi connectivity index (χ3n) is 10.5. The van der Waals surface area contributed by atoms with Gasteiger partial charge in [0.2, 0.25) is 6.40 Å². The molecule has 0 spiro atoms. The predicted octanol–water partition coefficient (Wildman–Crippen LogP) is 14.0. The summed E-state index contributed by atoms with van der Waals surface area (Å²) in [5, 5.41) is 48.3. The van der Waals surface area contributed by atoms with E-state index >= 15 is 0 Å². The molecule has 0 heterocycles. The van der Waals surface area contributed by atoms with Crippen LogP contribution in [0.5, 0.6) is 11.5 Å². The Morgan fingerprint density at radius 2 is 1.07 bits per heavy atom. The molecule has 3 amide bonds. The molecule has 15 nitrogen and oxygen atoms in total. The van der Waals surface area contributed by atoms with Gasteiger partial charge in [0.25, 0.3) is 5.91 Å². The molecule has 0 atom stereocenters. The first kappa shape index (κ1) is 48.8. The lowest BCUT2D eigenvalue weighted by Gasteiger charge is -2.11. The molecule has 0 aliphatic carbocycles. The zero-order valence-corrected chi connectivity index (χ0v) is 36.7. The Hall–Kier alpha value is -9.66. The number of imide groups is 1. The highest BCUT2D eigenvalue weighted by atomic mass is 19.4. The van der Waals surface area contributed by atoms with Crippen LogP contribution in [-0.4, -0.2) is 34.3 Å². The van der Waals surface area contributed by atoms with Gasteiger partial charge >= 0.3 is 18.4 Å². The number of nitrogens with one attached hydrogen (secondary N) is 3. The van der Waals surface area contributed by atoms with Crippen molar-refractivity contribution in [3.05, 3.63) is 191 Å². The number of carbonyl (C=O) groups excluding carboxylic acids is 3. The van der Waals surface area contributed by atoms with E-state index in [0.717, 1.165) is 36.7 Å². The molecule has 0 saturated heterocycles. The SMILES string of the molecule is O=C(NC(=O)c1ccc2c(N=Nc3ccc(C(=O)c4ccc(N=Nc5c(O)ccc6cc(CON=CONc7cccc(C(F)(F)F)c7)ccc56)cc4)cc3)c(O)ccc2c1)Nc1cccc(C(F)(F)F)c1. The molecule has 72 heavy (non-hydrogen) atoms. The fourth-order valence-electron chi connectivity index (χ4n) is 6.96. The third-order valence-corrected chi connectivity index (χ3v) is 10.5. The molecule has 8 aromatic rings. The van der Waals surface area contributed by atoms with E-state index in [-0.39, 0.29) is 52.2 Å². The van der Waals surface area contributed by atoms with Gasteiger partial charge in [-0.05, 0) is 132 Å². The number of alkyl halides is 6. The fraction of sp³-hybridized carbons (Fsp3) is 0.0588. The zero-order valence-electron chi connectivity index (χ0n) is 36.7. The number of ketones is 1. The smallest absolute Gasteiger partial charge is 0.416 e. The molecule has 0 aliphatic heterocycles. The van der Waals surface area contributed by atoms with Crippen LogP contribution in [0.15, 0.2) is 183 Å². The van der Waals surface area contributed by atoms with Crippen LogP contribution in [0.4, 0.5) is 65.3 Å². The predicted molar refractivity (Wildman–Crippen MR) is 253 cm³/mol. The summed E-state index contributed by atoms with van der Waals surface area (Å²) in [5.74, 6) is -1.50. The maximum Gasteiger partial charge on any atom is 0.416 e. The number of carbonyl (C=O) groups is 3. The summed E-state index contributed by atoms with van der Waals surface area (Å²) in [7, 11) is 0. The van der Waals surface area contributed by atoms with E-state index in [9.17, 15) is 50.9 Å². The first-order chi connectivity index (χ1) is 34.5. The molecule has 5 N–H and O–H groups in total. The second-order valence-electron chi connectivity index (χ2n) is 15.5. The second-order valence-corrected chi connectivity index (χ2v) is 15.5. The van der Waals surface area contributed by atoms with Crippen molar-refractivity contribution in [3.63, 3.8) is 0 Å². The lowest BCUT2D eigenvalue weighted by atomic mass is 10.0. The highest BCUT2D eigenvalue weighted by Gasteiger charge is 2.31. The van der Waals surface area contributed by atoms with Gasteiger partial charge in [-0.3, -0.25) is 14.9 Å². The van der Waals surface area contributed by atoms with Gasteiger partial charge in [0.05, 0.1) is 28.2 Å². The van der Waals surface area contributed by atoms with Crippen molar-refractivity contribution < 1.29 is 60.6 Å². The van der Waals surface area contributed by atoms with Gasteiger partial charge in [0.1, 0.15) is 29.5 Å². The summed E-state index contributed by atoms with van der Waals surface area (Å²) in [6, 6.07) is 35.3. The molecule has 362 valence electrons. The van der Waals surface area contributed by atoms with Crippen molar-refractivity contribution in [1.29, 1.82) is 0 Å². The largest absolute Gasteiger partial charge is 0.506 e. The van der Waals surface area contributed by atoms with E-state index < -0.39 is 35.4 Å². The van der Waals surface area contributed by atoms with Crippen LogP contribution >= 0.6 is 0 Å². The number of amides is 3. The van der Waals surface area contributed by atoms with Crippen LogP contribution in [0.3, 0.4) is 0 Å². The number of urea groups is 1. The molecule has 0 aromatic heterocycles. The van der Waals surface area contributed by atoms with E-state index in [4.69, 9.17) is 9.68 Å². The highest BCUT2D eigenvalue weighted by Crippen LogP contribution is 2.39. The Morgan fingerprint density at radius 1 is 0.556 bits per heavy atom. The summed E-state index contributed by atoms with van der Waals surface area (Å²) in [4.78, 5) is 48.9. The number of rotatable bonds is 14. The summed E-state index contributed by atoms with van der Waals surface area (Å²) < 4.78 is 77.9. The number of fused-ring (bicyclic) bond motifs is 2. The Labute approximate surface area is 402 Å². The van der Waals surface area contributed by atoms with E-state index in [1.807, 2.05) is 0 Å².